The van der Waals surface area contributed by atoms with Crippen LogP contribution in [0, 0.1) is 5.92 Å². The first kappa shape index (κ1) is 10.9. The van der Waals surface area contributed by atoms with E-state index in [9.17, 15) is 4.79 Å². The van der Waals surface area contributed by atoms with E-state index in [1.165, 1.54) is 25.3 Å². The SMILES string of the molecule is CN(CC1CCC1)c1cc(C(=O)O)ccn1. The lowest BCUT2D eigenvalue weighted by Crippen LogP contribution is -2.29. The van der Waals surface area contributed by atoms with Crippen LogP contribution in [0.1, 0.15) is 29.6 Å². The second-order valence-corrected chi connectivity index (χ2v) is 4.39. The number of carboxylic acid groups (broad SMARTS) is 1. The average molecular weight is 220 g/mol. The molecule has 2 rings (SSSR count). The molecule has 4 heteroatoms. The Morgan fingerprint density at radius 3 is 2.94 bits per heavy atom. The minimum absolute atomic E-state index is 0.297. The molecule has 86 valence electrons. The van der Waals surface area contributed by atoms with Crippen molar-refractivity contribution in [2.45, 2.75) is 19.3 Å². The van der Waals surface area contributed by atoms with Crippen LogP contribution >= 0.6 is 0 Å². The zero-order valence-electron chi connectivity index (χ0n) is 9.39. The number of aromatic nitrogens is 1. The van der Waals surface area contributed by atoms with Gasteiger partial charge in [-0.25, -0.2) is 9.78 Å². The number of hydrogen-bond donors (Lipinski definition) is 1. The fourth-order valence-corrected chi connectivity index (χ4v) is 1.92. The van der Waals surface area contributed by atoms with Gasteiger partial charge in [0.25, 0.3) is 0 Å². The van der Waals surface area contributed by atoms with E-state index >= 15 is 0 Å². The van der Waals surface area contributed by atoms with Crippen molar-refractivity contribution in [2.75, 3.05) is 18.5 Å². The fraction of sp³-hybridized carbons (Fsp3) is 0.500. The molecule has 1 aromatic rings. The molecular formula is C12H16N2O2. The van der Waals surface area contributed by atoms with Gasteiger partial charge in [-0.05, 0) is 30.9 Å². The lowest BCUT2D eigenvalue weighted by molar-refractivity contribution is 0.0697. The van der Waals surface area contributed by atoms with E-state index in [4.69, 9.17) is 5.11 Å². The predicted octanol–water partition coefficient (Wildman–Crippen LogP) is 2.02. The number of nitrogens with zero attached hydrogens (tertiary/aromatic N) is 2. The molecule has 0 amide bonds. The number of anilines is 1. The summed E-state index contributed by atoms with van der Waals surface area (Å²) in [4.78, 5) is 17.1. The molecule has 1 heterocycles. The highest BCUT2D eigenvalue weighted by atomic mass is 16.4. The molecule has 0 aromatic carbocycles. The zero-order chi connectivity index (χ0) is 11.5. The summed E-state index contributed by atoms with van der Waals surface area (Å²) in [6.45, 7) is 0.968. The predicted molar refractivity (Wildman–Crippen MR) is 61.8 cm³/mol. The summed E-state index contributed by atoms with van der Waals surface area (Å²) in [6.07, 6.45) is 5.43. The van der Waals surface area contributed by atoms with Crippen molar-refractivity contribution in [3.63, 3.8) is 0 Å². The highest BCUT2D eigenvalue weighted by molar-refractivity contribution is 5.88. The summed E-state index contributed by atoms with van der Waals surface area (Å²) in [5.74, 6) is 0.591. The average Bonchev–Trinajstić information content (AvgIpc) is 2.23. The Hall–Kier alpha value is -1.58. The van der Waals surface area contributed by atoms with Gasteiger partial charge in [-0.3, -0.25) is 0 Å². The summed E-state index contributed by atoms with van der Waals surface area (Å²) in [7, 11) is 1.96. The molecule has 0 spiro atoms. The van der Waals surface area contributed by atoms with Crippen LogP contribution in [0.25, 0.3) is 0 Å². The summed E-state index contributed by atoms with van der Waals surface area (Å²) in [5.41, 5.74) is 0.297. The van der Waals surface area contributed by atoms with Gasteiger partial charge in [-0.1, -0.05) is 6.42 Å². The molecular weight excluding hydrogens is 204 g/mol. The summed E-state index contributed by atoms with van der Waals surface area (Å²) in [5, 5.41) is 8.88. The van der Waals surface area contributed by atoms with Gasteiger partial charge in [-0.15, -0.1) is 0 Å². The summed E-state index contributed by atoms with van der Waals surface area (Å²) >= 11 is 0. The zero-order valence-corrected chi connectivity index (χ0v) is 9.39. The van der Waals surface area contributed by atoms with Crippen LogP contribution in [0.15, 0.2) is 18.3 Å². The smallest absolute Gasteiger partial charge is 0.335 e. The van der Waals surface area contributed by atoms with E-state index in [0.717, 1.165) is 18.3 Å². The first-order valence-electron chi connectivity index (χ1n) is 5.57. The van der Waals surface area contributed by atoms with E-state index in [0.29, 0.717) is 5.56 Å². The second kappa shape index (κ2) is 4.51. The minimum atomic E-state index is -0.902. The van der Waals surface area contributed by atoms with Crippen molar-refractivity contribution in [3.8, 4) is 0 Å². The van der Waals surface area contributed by atoms with Crippen LogP contribution in [-0.2, 0) is 0 Å². The molecule has 0 unspecified atom stereocenters. The molecule has 0 saturated heterocycles. The molecule has 1 saturated carbocycles. The number of aromatic carboxylic acids is 1. The first-order valence-corrected chi connectivity index (χ1v) is 5.57. The topological polar surface area (TPSA) is 53.4 Å². The quantitative estimate of drug-likeness (QED) is 0.843. The Bertz CT molecular complexity index is 388. The number of carbonyl (C=O) groups is 1. The lowest BCUT2D eigenvalue weighted by Gasteiger charge is -2.30. The summed E-state index contributed by atoms with van der Waals surface area (Å²) in [6, 6.07) is 3.14. The molecule has 1 aromatic heterocycles. The third kappa shape index (κ3) is 2.32. The molecule has 1 fully saturated rings. The number of carboxylic acids is 1. The lowest BCUT2D eigenvalue weighted by atomic mass is 9.85. The Morgan fingerprint density at radius 1 is 1.62 bits per heavy atom. The van der Waals surface area contributed by atoms with Crippen LogP contribution in [0.4, 0.5) is 5.82 Å². The molecule has 16 heavy (non-hydrogen) atoms. The van der Waals surface area contributed by atoms with Gasteiger partial charge in [-0.2, -0.15) is 0 Å². The standard InChI is InChI=1S/C12H16N2O2/c1-14(8-9-3-2-4-9)11-7-10(12(15)16)5-6-13-11/h5-7,9H,2-4,8H2,1H3,(H,15,16). The van der Waals surface area contributed by atoms with Crippen LogP contribution in [-0.4, -0.2) is 29.7 Å². The van der Waals surface area contributed by atoms with E-state index in [1.807, 2.05) is 11.9 Å². The maximum Gasteiger partial charge on any atom is 0.335 e. The molecule has 0 bridgehead atoms. The minimum Gasteiger partial charge on any atom is -0.478 e. The van der Waals surface area contributed by atoms with Gasteiger partial charge in [0.2, 0.25) is 0 Å². The van der Waals surface area contributed by atoms with Crippen LogP contribution in [0.2, 0.25) is 0 Å². The van der Waals surface area contributed by atoms with Crippen molar-refractivity contribution < 1.29 is 9.90 Å². The second-order valence-electron chi connectivity index (χ2n) is 4.39. The molecule has 1 aliphatic rings. The van der Waals surface area contributed by atoms with Crippen molar-refractivity contribution >= 4 is 11.8 Å². The third-order valence-electron chi connectivity index (χ3n) is 3.14. The fourth-order valence-electron chi connectivity index (χ4n) is 1.92. The van der Waals surface area contributed by atoms with Gasteiger partial charge in [0.05, 0.1) is 5.56 Å². The Balaban J connectivity index is 2.06. The molecule has 1 aliphatic carbocycles. The Kier molecular flexibility index (Phi) is 3.08. The van der Waals surface area contributed by atoms with Crippen LogP contribution in [0.5, 0.6) is 0 Å². The van der Waals surface area contributed by atoms with E-state index in [2.05, 4.69) is 4.98 Å². The van der Waals surface area contributed by atoms with Gasteiger partial charge in [0, 0.05) is 19.8 Å². The first-order chi connectivity index (χ1) is 7.66. The van der Waals surface area contributed by atoms with Gasteiger partial charge < -0.3 is 10.0 Å². The van der Waals surface area contributed by atoms with Gasteiger partial charge in [0.15, 0.2) is 0 Å². The number of pyridine rings is 1. The van der Waals surface area contributed by atoms with Gasteiger partial charge >= 0.3 is 5.97 Å². The van der Waals surface area contributed by atoms with Crippen LogP contribution < -0.4 is 4.90 Å². The highest BCUT2D eigenvalue weighted by Crippen LogP contribution is 2.27. The number of rotatable bonds is 4. The van der Waals surface area contributed by atoms with Gasteiger partial charge in [0.1, 0.15) is 5.82 Å². The highest BCUT2D eigenvalue weighted by Gasteiger charge is 2.19. The molecule has 0 aliphatic heterocycles. The molecule has 0 atom stereocenters. The molecule has 4 nitrogen and oxygen atoms in total. The maximum atomic E-state index is 10.8. The molecule has 1 N–H and O–H groups in total. The Morgan fingerprint density at radius 2 is 2.38 bits per heavy atom. The maximum absolute atomic E-state index is 10.8. The summed E-state index contributed by atoms with van der Waals surface area (Å²) < 4.78 is 0. The van der Waals surface area contributed by atoms with E-state index < -0.39 is 5.97 Å². The third-order valence-corrected chi connectivity index (χ3v) is 3.14. The normalized spacial score (nSPS) is 15.6. The Labute approximate surface area is 94.9 Å². The van der Waals surface area contributed by atoms with Crippen molar-refractivity contribution in [2.24, 2.45) is 5.92 Å². The monoisotopic (exact) mass is 220 g/mol. The van der Waals surface area contributed by atoms with E-state index in [-0.39, 0.29) is 0 Å². The number of hydrogen-bond acceptors (Lipinski definition) is 3. The van der Waals surface area contributed by atoms with E-state index in [1.54, 1.807) is 12.3 Å². The van der Waals surface area contributed by atoms with Crippen LogP contribution in [0.3, 0.4) is 0 Å². The van der Waals surface area contributed by atoms with Crippen molar-refractivity contribution in [1.82, 2.24) is 4.98 Å². The van der Waals surface area contributed by atoms with Crippen molar-refractivity contribution in [1.29, 1.82) is 0 Å². The largest absolute Gasteiger partial charge is 0.478 e. The van der Waals surface area contributed by atoms with Crippen molar-refractivity contribution in [3.05, 3.63) is 23.9 Å². The molecule has 0 radical (unpaired) electrons.